The summed E-state index contributed by atoms with van der Waals surface area (Å²) in [6.07, 6.45) is 0. The van der Waals surface area contributed by atoms with Crippen LogP contribution in [-0.2, 0) is 14.4 Å². The minimum Gasteiger partial charge on any atom is -0.549 e. The molecule has 12 nitrogen and oxygen atoms in total. The maximum Gasteiger partial charge on any atom is 3.00 e. The molecular weight excluding hydrogens is 489 g/mol. The summed E-state index contributed by atoms with van der Waals surface area (Å²) >= 11 is 0. The Morgan fingerprint density at radius 1 is 0.667 bits per heavy atom. The summed E-state index contributed by atoms with van der Waals surface area (Å²) < 4.78 is 0.622. The number of likely N-dealkylation sites (N-methyl/N-ethyl adjacent to an activating group) is 1. The smallest absolute Gasteiger partial charge is 0.549 e. The van der Waals surface area contributed by atoms with E-state index < -0.39 is 17.9 Å². The van der Waals surface area contributed by atoms with Crippen molar-refractivity contribution in [2.45, 2.75) is 0 Å². The second-order valence-corrected chi connectivity index (χ2v) is 8.89. The van der Waals surface area contributed by atoms with Gasteiger partial charge in [-0.25, -0.2) is 0 Å². The molecule has 13 heteroatoms. The molecular formula is C20H37GaN5O7+. The first-order valence-corrected chi connectivity index (χ1v) is 10.9. The number of carbonyl (C=O) groups excluding carboxylic acids is 3. The predicted molar refractivity (Wildman–Crippen MR) is 115 cm³/mol. The largest absolute Gasteiger partial charge is 3.00 e. The van der Waals surface area contributed by atoms with Crippen molar-refractivity contribution in [3.8, 4) is 0 Å². The molecule has 0 bridgehead atoms. The van der Waals surface area contributed by atoms with Gasteiger partial charge in [0, 0.05) is 78.5 Å². The Morgan fingerprint density at radius 3 is 1.24 bits per heavy atom. The van der Waals surface area contributed by atoms with Crippen LogP contribution in [0.5, 0.6) is 0 Å². The number of rotatable bonds is 11. The third kappa shape index (κ3) is 15.4. The first-order valence-electron chi connectivity index (χ1n) is 10.9. The van der Waals surface area contributed by atoms with E-state index in [9.17, 15) is 34.8 Å². The molecule has 0 aromatic carbocycles. The standard InChI is InChI=1S/C20H39N5O7.Ga/c1-25(2,13-14-26)12-11-21-3-5-22(15-18(27)28)7-9-24(17-20(31)32)10-8-23(6-4-21)16-19(29)30;/h26H,3-17H2,1-2H3,(H2-,27,28,29,30,31,32);/q;+3/p-2/i;1-3. The van der Waals surface area contributed by atoms with E-state index in [1.807, 2.05) is 14.1 Å². The Labute approximate surface area is 209 Å². The normalized spacial score (nSPS) is 18.6. The monoisotopic (exact) mass is 526 g/mol. The second kappa shape index (κ2) is 16.4. The van der Waals surface area contributed by atoms with Crippen LogP contribution in [0.15, 0.2) is 0 Å². The molecule has 1 heterocycles. The van der Waals surface area contributed by atoms with E-state index in [-0.39, 0.29) is 46.0 Å². The number of aliphatic carboxylic acids is 3. The topological polar surface area (TPSA) is 154 Å². The fraction of sp³-hybridized carbons (Fsp3) is 0.850. The fourth-order valence-electron chi connectivity index (χ4n) is 3.62. The van der Waals surface area contributed by atoms with Crippen molar-refractivity contribution in [2.24, 2.45) is 0 Å². The minimum absolute atomic E-state index is 0. The van der Waals surface area contributed by atoms with Crippen LogP contribution >= 0.6 is 0 Å². The van der Waals surface area contributed by atoms with Crippen molar-refractivity contribution in [3.63, 3.8) is 0 Å². The molecule has 0 saturated carbocycles. The molecule has 1 aliphatic rings. The predicted octanol–water partition coefficient (Wildman–Crippen LogP) is -6.85. The number of nitrogens with zero attached hydrogens (tertiary/aromatic N) is 5. The molecule has 1 saturated heterocycles. The van der Waals surface area contributed by atoms with Crippen LogP contribution < -0.4 is 15.3 Å². The summed E-state index contributed by atoms with van der Waals surface area (Å²) in [4.78, 5) is 40.7. The van der Waals surface area contributed by atoms with Gasteiger partial charge in [0.1, 0.15) is 6.54 Å². The fourth-order valence-corrected chi connectivity index (χ4v) is 3.62. The Balaban J connectivity index is 0.0000102. The molecule has 0 atom stereocenters. The molecule has 0 amide bonds. The van der Waals surface area contributed by atoms with Crippen LogP contribution in [0, 0.1) is 0 Å². The van der Waals surface area contributed by atoms with Crippen LogP contribution in [0.1, 0.15) is 0 Å². The quantitative estimate of drug-likeness (QED) is 0.202. The van der Waals surface area contributed by atoms with Gasteiger partial charge in [0.2, 0.25) is 0 Å². The number of carbonyl (C=O) groups is 3. The minimum atomic E-state index is -1.25. The van der Waals surface area contributed by atoms with E-state index in [4.69, 9.17) is 0 Å². The summed E-state index contributed by atoms with van der Waals surface area (Å²) in [5, 5.41) is 42.7. The van der Waals surface area contributed by atoms with Gasteiger partial charge in [0.05, 0.1) is 45.2 Å². The van der Waals surface area contributed by atoms with Gasteiger partial charge in [-0.05, 0) is 0 Å². The SMILES string of the molecule is C[N+](C)(CCO)CCN1CCN(CC(=O)[O-])CCN(CC(=O)[O-])CCN(CC(=O)[O-])CC1.[67Ga+3]. The molecule has 1 N–H and O–H groups in total. The molecule has 186 valence electrons. The summed E-state index contributed by atoms with van der Waals surface area (Å²) in [5.41, 5.74) is 0. The number of quaternary nitrogens is 1. The van der Waals surface area contributed by atoms with Crippen molar-refractivity contribution in [1.82, 2.24) is 19.6 Å². The van der Waals surface area contributed by atoms with Crippen molar-refractivity contribution < 1.29 is 39.3 Å². The summed E-state index contributed by atoms with van der Waals surface area (Å²) in [6, 6.07) is 0. The van der Waals surface area contributed by atoms with E-state index in [2.05, 4.69) is 4.90 Å². The zero-order chi connectivity index (χ0) is 24.1. The van der Waals surface area contributed by atoms with Crippen LogP contribution in [-0.4, -0.2) is 179 Å². The number of carboxylic acid groups (broad SMARTS) is 3. The van der Waals surface area contributed by atoms with E-state index in [0.717, 1.165) is 6.54 Å². The van der Waals surface area contributed by atoms with Crippen molar-refractivity contribution in [1.29, 1.82) is 0 Å². The van der Waals surface area contributed by atoms with Crippen LogP contribution in [0.25, 0.3) is 0 Å². The van der Waals surface area contributed by atoms with Gasteiger partial charge in [-0.15, -0.1) is 0 Å². The van der Waals surface area contributed by atoms with Gasteiger partial charge >= 0.3 is 19.8 Å². The Kier molecular flexibility index (Phi) is 15.8. The third-order valence-electron chi connectivity index (χ3n) is 5.71. The van der Waals surface area contributed by atoms with E-state index in [1.54, 1.807) is 14.7 Å². The van der Waals surface area contributed by atoms with Gasteiger partial charge in [-0.3, -0.25) is 19.6 Å². The van der Waals surface area contributed by atoms with E-state index in [1.165, 1.54) is 0 Å². The van der Waals surface area contributed by atoms with Gasteiger partial charge in [-0.1, -0.05) is 0 Å². The Morgan fingerprint density at radius 2 is 0.970 bits per heavy atom. The van der Waals surface area contributed by atoms with Crippen LogP contribution in [0.3, 0.4) is 0 Å². The average molecular weight is 526 g/mol. The number of aliphatic hydroxyl groups is 1. The third-order valence-corrected chi connectivity index (χ3v) is 5.71. The number of hydrogen-bond acceptors (Lipinski definition) is 11. The summed E-state index contributed by atoms with van der Waals surface area (Å²) in [7, 11) is 4.03. The average Bonchev–Trinajstić information content (AvgIpc) is 2.66. The molecule has 0 spiro atoms. The van der Waals surface area contributed by atoms with Gasteiger partial charge in [-0.2, -0.15) is 0 Å². The molecule has 0 aliphatic carbocycles. The first kappa shape index (κ1) is 31.8. The second-order valence-electron chi connectivity index (χ2n) is 8.89. The Hall–Kier alpha value is -1.19. The van der Waals surface area contributed by atoms with E-state index >= 15 is 0 Å². The molecule has 1 rings (SSSR count). The zero-order valence-electron chi connectivity index (χ0n) is 19.8. The molecule has 33 heavy (non-hydrogen) atoms. The number of hydrogen-bond donors (Lipinski definition) is 1. The Bertz CT molecular complexity index is 579. The molecule has 0 aromatic rings. The maximum absolute atomic E-state index is 11.2. The molecule has 1 aliphatic heterocycles. The molecule has 0 unspecified atom stereocenters. The van der Waals surface area contributed by atoms with Gasteiger partial charge < -0.3 is 39.3 Å². The number of carboxylic acids is 3. The zero-order valence-corrected chi connectivity index (χ0v) is 22.2. The van der Waals surface area contributed by atoms with Crippen molar-refractivity contribution in [3.05, 3.63) is 0 Å². The molecule has 0 aromatic heterocycles. The summed E-state index contributed by atoms with van der Waals surface area (Å²) in [6.45, 7) is 4.62. The van der Waals surface area contributed by atoms with Crippen molar-refractivity contribution in [2.75, 3.05) is 112 Å². The first-order chi connectivity index (χ1) is 15.0. The van der Waals surface area contributed by atoms with Crippen LogP contribution in [0.4, 0.5) is 0 Å². The van der Waals surface area contributed by atoms with Crippen molar-refractivity contribution >= 4 is 37.7 Å². The number of aliphatic hydroxyl groups excluding tert-OH is 1. The maximum atomic E-state index is 11.2. The molecule has 1 fully saturated rings. The molecule has 0 radical (unpaired) electrons. The summed E-state index contributed by atoms with van der Waals surface area (Å²) in [5.74, 6) is -3.64. The van der Waals surface area contributed by atoms with Gasteiger partial charge in [0.25, 0.3) is 0 Å². The van der Waals surface area contributed by atoms with Crippen LogP contribution in [0.2, 0.25) is 0 Å². The van der Waals surface area contributed by atoms with Gasteiger partial charge in [0.15, 0.2) is 0 Å². The van der Waals surface area contributed by atoms with E-state index in [0.29, 0.717) is 69.9 Å².